The Labute approximate surface area is 92.8 Å². The highest BCUT2D eigenvalue weighted by Crippen LogP contribution is 2.15. The molecule has 78 valence electrons. The SMILES string of the molecule is N#Cc1cccc(-c2cc(CO)ccn2)n1. The summed E-state index contributed by atoms with van der Waals surface area (Å²) in [6, 6.07) is 10.6. The van der Waals surface area contributed by atoms with E-state index in [2.05, 4.69) is 9.97 Å². The molecule has 4 heteroatoms. The first-order valence-electron chi connectivity index (χ1n) is 4.77. The largest absolute Gasteiger partial charge is 0.392 e. The summed E-state index contributed by atoms with van der Waals surface area (Å²) in [6.07, 6.45) is 1.61. The molecule has 0 aliphatic rings. The van der Waals surface area contributed by atoms with Gasteiger partial charge in [0.15, 0.2) is 0 Å². The van der Waals surface area contributed by atoms with Crippen molar-refractivity contribution in [2.45, 2.75) is 6.61 Å². The summed E-state index contributed by atoms with van der Waals surface area (Å²) in [7, 11) is 0. The molecule has 4 nitrogen and oxygen atoms in total. The molecule has 0 bridgehead atoms. The fourth-order valence-corrected chi connectivity index (χ4v) is 1.35. The summed E-state index contributed by atoms with van der Waals surface area (Å²) >= 11 is 0. The summed E-state index contributed by atoms with van der Waals surface area (Å²) < 4.78 is 0. The summed E-state index contributed by atoms with van der Waals surface area (Å²) in [5, 5.41) is 17.7. The van der Waals surface area contributed by atoms with E-state index in [0.29, 0.717) is 17.1 Å². The maximum absolute atomic E-state index is 9.01. The van der Waals surface area contributed by atoms with E-state index in [0.717, 1.165) is 5.56 Å². The Hall–Kier alpha value is -2.25. The van der Waals surface area contributed by atoms with Gasteiger partial charge >= 0.3 is 0 Å². The van der Waals surface area contributed by atoms with Crippen LogP contribution < -0.4 is 0 Å². The number of aliphatic hydroxyl groups is 1. The average molecular weight is 211 g/mol. The number of aromatic nitrogens is 2. The number of pyridine rings is 2. The number of hydrogen-bond acceptors (Lipinski definition) is 4. The number of nitriles is 1. The second-order valence-electron chi connectivity index (χ2n) is 3.23. The molecular formula is C12H9N3O. The van der Waals surface area contributed by atoms with Crippen molar-refractivity contribution in [1.82, 2.24) is 9.97 Å². The van der Waals surface area contributed by atoms with Crippen LogP contribution >= 0.6 is 0 Å². The van der Waals surface area contributed by atoms with Crippen molar-refractivity contribution in [3.63, 3.8) is 0 Å². The molecular weight excluding hydrogens is 202 g/mol. The minimum atomic E-state index is -0.0343. The average Bonchev–Trinajstić information content (AvgIpc) is 2.39. The number of hydrogen-bond donors (Lipinski definition) is 1. The second-order valence-corrected chi connectivity index (χ2v) is 3.23. The minimum Gasteiger partial charge on any atom is -0.392 e. The first kappa shape index (κ1) is 10.3. The Kier molecular flexibility index (Phi) is 2.90. The van der Waals surface area contributed by atoms with E-state index < -0.39 is 0 Å². The van der Waals surface area contributed by atoms with Crippen molar-refractivity contribution in [2.75, 3.05) is 0 Å². The Morgan fingerprint density at radius 2 is 2.12 bits per heavy atom. The quantitative estimate of drug-likeness (QED) is 0.817. The van der Waals surface area contributed by atoms with Gasteiger partial charge in [-0.05, 0) is 29.8 Å². The topological polar surface area (TPSA) is 69.8 Å². The lowest BCUT2D eigenvalue weighted by Crippen LogP contribution is -1.92. The van der Waals surface area contributed by atoms with Gasteiger partial charge in [0, 0.05) is 6.20 Å². The van der Waals surface area contributed by atoms with Gasteiger partial charge in [0.1, 0.15) is 11.8 Å². The summed E-state index contributed by atoms with van der Waals surface area (Å²) in [5.41, 5.74) is 2.42. The van der Waals surface area contributed by atoms with Gasteiger partial charge in [-0.25, -0.2) is 4.98 Å². The lowest BCUT2D eigenvalue weighted by molar-refractivity contribution is 0.282. The van der Waals surface area contributed by atoms with Crippen LogP contribution in [0, 0.1) is 11.3 Å². The van der Waals surface area contributed by atoms with Gasteiger partial charge < -0.3 is 5.11 Å². The van der Waals surface area contributed by atoms with E-state index in [1.807, 2.05) is 6.07 Å². The Morgan fingerprint density at radius 3 is 2.88 bits per heavy atom. The number of nitrogens with zero attached hydrogens (tertiary/aromatic N) is 3. The maximum Gasteiger partial charge on any atom is 0.141 e. The van der Waals surface area contributed by atoms with Crippen LogP contribution in [0.3, 0.4) is 0 Å². The van der Waals surface area contributed by atoms with Crippen LogP contribution in [-0.2, 0) is 6.61 Å². The molecule has 0 saturated carbocycles. The summed E-state index contributed by atoms with van der Waals surface area (Å²) in [6.45, 7) is -0.0343. The van der Waals surface area contributed by atoms with Gasteiger partial charge in [0.25, 0.3) is 0 Å². The predicted octanol–water partition coefficient (Wildman–Crippen LogP) is 1.51. The highest BCUT2D eigenvalue weighted by Gasteiger charge is 2.02. The van der Waals surface area contributed by atoms with E-state index in [4.69, 9.17) is 10.4 Å². The standard InChI is InChI=1S/C12H9N3O/c13-7-10-2-1-3-11(15-10)12-6-9(8-16)4-5-14-12/h1-6,16H,8H2. The molecule has 0 atom stereocenters. The third-order valence-electron chi connectivity index (χ3n) is 2.13. The summed E-state index contributed by atoms with van der Waals surface area (Å²) in [4.78, 5) is 8.28. The first-order chi connectivity index (χ1) is 7.83. The zero-order chi connectivity index (χ0) is 11.4. The highest BCUT2D eigenvalue weighted by molar-refractivity contribution is 5.55. The van der Waals surface area contributed by atoms with E-state index >= 15 is 0 Å². The Bertz CT molecular complexity index is 546. The molecule has 0 aliphatic carbocycles. The molecule has 0 unspecified atom stereocenters. The monoisotopic (exact) mass is 211 g/mol. The van der Waals surface area contributed by atoms with Gasteiger partial charge in [-0.2, -0.15) is 5.26 Å². The van der Waals surface area contributed by atoms with E-state index in [9.17, 15) is 0 Å². The molecule has 0 amide bonds. The second kappa shape index (κ2) is 4.51. The lowest BCUT2D eigenvalue weighted by Gasteiger charge is -2.01. The molecule has 16 heavy (non-hydrogen) atoms. The number of rotatable bonds is 2. The van der Waals surface area contributed by atoms with Crippen LogP contribution in [0.1, 0.15) is 11.3 Å². The minimum absolute atomic E-state index is 0.0343. The lowest BCUT2D eigenvalue weighted by atomic mass is 10.2. The van der Waals surface area contributed by atoms with Gasteiger partial charge in [-0.1, -0.05) is 6.07 Å². The van der Waals surface area contributed by atoms with Crippen molar-refractivity contribution < 1.29 is 5.11 Å². The fraction of sp³-hybridized carbons (Fsp3) is 0.0833. The Morgan fingerprint density at radius 1 is 1.25 bits per heavy atom. The molecule has 0 fully saturated rings. The van der Waals surface area contributed by atoms with Crippen molar-refractivity contribution in [3.8, 4) is 17.5 Å². The predicted molar refractivity (Wildman–Crippen MR) is 58.1 cm³/mol. The molecule has 2 aromatic heterocycles. The highest BCUT2D eigenvalue weighted by atomic mass is 16.3. The molecule has 2 aromatic rings. The molecule has 0 saturated heterocycles. The van der Waals surface area contributed by atoms with Gasteiger partial charge in [0.2, 0.25) is 0 Å². The molecule has 2 rings (SSSR count). The molecule has 0 spiro atoms. The van der Waals surface area contributed by atoms with Crippen LogP contribution in [0.4, 0.5) is 0 Å². The van der Waals surface area contributed by atoms with E-state index in [1.54, 1.807) is 36.5 Å². The zero-order valence-corrected chi connectivity index (χ0v) is 8.46. The molecule has 2 heterocycles. The zero-order valence-electron chi connectivity index (χ0n) is 8.46. The van der Waals surface area contributed by atoms with Crippen LogP contribution in [0.2, 0.25) is 0 Å². The first-order valence-corrected chi connectivity index (χ1v) is 4.77. The molecule has 0 radical (unpaired) electrons. The van der Waals surface area contributed by atoms with Crippen LogP contribution in [0.15, 0.2) is 36.5 Å². The molecule has 1 N–H and O–H groups in total. The van der Waals surface area contributed by atoms with Gasteiger partial charge in [0.05, 0.1) is 18.0 Å². The molecule has 0 aromatic carbocycles. The fourth-order valence-electron chi connectivity index (χ4n) is 1.35. The van der Waals surface area contributed by atoms with Crippen LogP contribution in [-0.4, -0.2) is 15.1 Å². The van der Waals surface area contributed by atoms with Crippen molar-refractivity contribution in [1.29, 1.82) is 5.26 Å². The van der Waals surface area contributed by atoms with Crippen LogP contribution in [0.5, 0.6) is 0 Å². The van der Waals surface area contributed by atoms with Crippen molar-refractivity contribution >= 4 is 0 Å². The van der Waals surface area contributed by atoms with Gasteiger partial charge in [-0.3, -0.25) is 4.98 Å². The van der Waals surface area contributed by atoms with Crippen molar-refractivity contribution in [2.24, 2.45) is 0 Å². The van der Waals surface area contributed by atoms with E-state index in [-0.39, 0.29) is 6.61 Å². The van der Waals surface area contributed by atoms with Gasteiger partial charge in [-0.15, -0.1) is 0 Å². The summed E-state index contributed by atoms with van der Waals surface area (Å²) in [5.74, 6) is 0. The van der Waals surface area contributed by atoms with Crippen molar-refractivity contribution in [3.05, 3.63) is 47.8 Å². The van der Waals surface area contributed by atoms with E-state index in [1.165, 1.54) is 0 Å². The van der Waals surface area contributed by atoms with Crippen LogP contribution in [0.25, 0.3) is 11.4 Å². The maximum atomic E-state index is 9.01. The molecule has 0 aliphatic heterocycles. The smallest absolute Gasteiger partial charge is 0.141 e. The normalized spacial score (nSPS) is 9.75. The Balaban J connectivity index is 2.46. The third kappa shape index (κ3) is 2.05. The third-order valence-corrected chi connectivity index (χ3v) is 2.13. The number of aliphatic hydroxyl groups excluding tert-OH is 1.